The molecule has 0 radical (unpaired) electrons. The topological polar surface area (TPSA) is 84.9 Å². The zero-order chi connectivity index (χ0) is 20.3. The van der Waals surface area contributed by atoms with Gasteiger partial charge in [0.25, 0.3) is 0 Å². The minimum Gasteiger partial charge on any atom is -0.493 e. The van der Waals surface area contributed by atoms with Crippen molar-refractivity contribution in [2.24, 2.45) is 5.92 Å². The Bertz CT molecular complexity index is 957. The molecular formula is C20H24N2O5S. The quantitative estimate of drug-likeness (QED) is 0.766. The second kappa shape index (κ2) is 8.20. The van der Waals surface area contributed by atoms with Gasteiger partial charge in [0.05, 0.1) is 19.1 Å². The van der Waals surface area contributed by atoms with Crippen LogP contribution in [0.25, 0.3) is 0 Å². The number of methoxy groups -OCH3 is 2. The molecule has 2 aromatic carbocycles. The molecule has 8 heteroatoms. The molecule has 1 N–H and O–H groups in total. The first-order valence-electron chi connectivity index (χ1n) is 8.93. The van der Waals surface area contributed by atoms with Crippen molar-refractivity contribution < 1.29 is 22.7 Å². The summed E-state index contributed by atoms with van der Waals surface area (Å²) in [6, 6.07) is 12.1. The van der Waals surface area contributed by atoms with E-state index in [1.54, 1.807) is 11.0 Å². The van der Waals surface area contributed by atoms with Gasteiger partial charge in [0, 0.05) is 31.3 Å². The van der Waals surface area contributed by atoms with Crippen LogP contribution in [0.15, 0.2) is 47.4 Å². The van der Waals surface area contributed by atoms with Crippen LogP contribution in [-0.2, 0) is 14.8 Å². The third kappa shape index (κ3) is 4.28. The number of hydrogen-bond donors (Lipinski definition) is 1. The molecule has 7 nitrogen and oxygen atoms in total. The van der Waals surface area contributed by atoms with Crippen LogP contribution in [0.4, 0.5) is 5.69 Å². The lowest BCUT2D eigenvalue weighted by atomic mass is 10.1. The number of rotatable bonds is 7. The van der Waals surface area contributed by atoms with Gasteiger partial charge in [-0.25, -0.2) is 13.1 Å². The minimum absolute atomic E-state index is 0.000771. The largest absolute Gasteiger partial charge is 0.493 e. The number of amides is 1. The fourth-order valence-corrected chi connectivity index (χ4v) is 4.32. The summed E-state index contributed by atoms with van der Waals surface area (Å²) in [5.41, 5.74) is 1.95. The number of carbonyl (C=O) groups excluding carboxylic acids is 1. The van der Waals surface area contributed by atoms with Gasteiger partial charge < -0.3 is 14.4 Å². The summed E-state index contributed by atoms with van der Waals surface area (Å²) in [5.74, 6) is 0.700. The molecule has 1 aliphatic rings. The predicted octanol–water partition coefficient (Wildman–Crippen LogP) is 2.34. The second-order valence-electron chi connectivity index (χ2n) is 6.78. The SMILES string of the molecule is COc1ccc(S(=O)(=O)NC[C@@H]2CC(=O)N(c3ccc(C)cc3)C2)cc1OC. The summed E-state index contributed by atoms with van der Waals surface area (Å²) in [7, 11) is -0.789. The van der Waals surface area contributed by atoms with E-state index in [1.807, 2.05) is 31.2 Å². The molecule has 2 aromatic rings. The molecule has 3 rings (SSSR count). The number of aryl methyl sites for hydroxylation is 1. The van der Waals surface area contributed by atoms with Crippen LogP contribution >= 0.6 is 0 Å². The Morgan fingerprint density at radius 1 is 1.07 bits per heavy atom. The summed E-state index contributed by atoms with van der Waals surface area (Å²) < 4.78 is 38.1. The van der Waals surface area contributed by atoms with Crippen LogP contribution in [0.2, 0.25) is 0 Å². The van der Waals surface area contributed by atoms with Crippen molar-refractivity contribution in [3.05, 3.63) is 48.0 Å². The van der Waals surface area contributed by atoms with Crippen LogP contribution in [0, 0.1) is 12.8 Å². The van der Waals surface area contributed by atoms with Crippen LogP contribution < -0.4 is 19.1 Å². The highest BCUT2D eigenvalue weighted by molar-refractivity contribution is 7.89. The van der Waals surface area contributed by atoms with Crippen molar-refractivity contribution in [2.45, 2.75) is 18.2 Å². The lowest BCUT2D eigenvalue weighted by Crippen LogP contribution is -2.31. The van der Waals surface area contributed by atoms with E-state index in [4.69, 9.17) is 9.47 Å². The summed E-state index contributed by atoms with van der Waals surface area (Å²) in [6.07, 6.45) is 0.308. The number of benzene rings is 2. The van der Waals surface area contributed by atoms with Crippen LogP contribution in [0.5, 0.6) is 11.5 Å². The molecular weight excluding hydrogens is 380 g/mol. The molecule has 1 heterocycles. The van der Waals surface area contributed by atoms with Gasteiger partial charge in [-0.1, -0.05) is 17.7 Å². The smallest absolute Gasteiger partial charge is 0.240 e. The molecule has 1 amide bonds. The lowest BCUT2D eigenvalue weighted by molar-refractivity contribution is -0.117. The molecule has 1 atom stereocenters. The summed E-state index contributed by atoms with van der Waals surface area (Å²) in [5, 5.41) is 0. The highest BCUT2D eigenvalue weighted by Crippen LogP contribution is 2.30. The molecule has 0 unspecified atom stereocenters. The number of carbonyl (C=O) groups is 1. The maximum Gasteiger partial charge on any atom is 0.240 e. The molecule has 0 saturated carbocycles. The maximum atomic E-state index is 12.6. The molecule has 28 heavy (non-hydrogen) atoms. The van der Waals surface area contributed by atoms with Gasteiger partial charge in [-0.2, -0.15) is 0 Å². The maximum absolute atomic E-state index is 12.6. The van der Waals surface area contributed by atoms with Gasteiger partial charge in [0.2, 0.25) is 15.9 Å². The Labute approximate surface area is 165 Å². The van der Waals surface area contributed by atoms with Crippen LogP contribution in [0.1, 0.15) is 12.0 Å². The number of anilines is 1. The van der Waals surface area contributed by atoms with Crippen molar-refractivity contribution in [2.75, 3.05) is 32.2 Å². The van der Waals surface area contributed by atoms with Crippen molar-refractivity contribution in [1.29, 1.82) is 0 Å². The predicted molar refractivity (Wildman–Crippen MR) is 106 cm³/mol. The molecule has 150 valence electrons. The van der Waals surface area contributed by atoms with Crippen molar-refractivity contribution in [3.8, 4) is 11.5 Å². The van der Waals surface area contributed by atoms with E-state index in [9.17, 15) is 13.2 Å². The first-order chi connectivity index (χ1) is 13.3. The lowest BCUT2D eigenvalue weighted by Gasteiger charge is -2.17. The van der Waals surface area contributed by atoms with E-state index < -0.39 is 10.0 Å². The Morgan fingerprint density at radius 2 is 1.75 bits per heavy atom. The number of hydrogen-bond acceptors (Lipinski definition) is 5. The standard InChI is InChI=1S/C20H24N2O5S/c1-14-4-6-16(7-5-14)22-13-15(10-20(22)23)12-21-28(24,25)17-8-9-18(26-2)19(11-17)27-3/h4-9,11,15,21H,10,12-13H2,1-3H3/t15-/m0/s1. The number of nitrogens with one attached hydrogen (secondary N) is 1. The Hall–Kier alpha value is -2.58. The molecule has 1 fully saturated rings. The highest BCUT2D eigenvalue weighted by atomic mass is 32.2. The minimum atomic E-state index is -3.73. The Balaban J connectivity index is 1.66. The van der Waals surface area contributed by atoms with E-state index in [2.05, 4.69) is 4.72 Å². The first-order valence-corrected chi connectivity index (χ1v) is 10.4. The molecule has 0 aromatic heterocycles. The number of ether oxygens (including phenoxy) is 2. The van der Waals surface area contributed by atoms with Crippen molar-refractivity contribution in [1.82, 2.24) is 4.72 Å². The highest BCUT2D eigenvalue weighted by Gasteiger charge is 2.31. The third-order valence-corrected chi connectivity index (χ3v) is 6.20. The Kier molecular flexibility index (Phi) is 5.90. The van der Waals surface area contributed by atoms with Crippen molar-refractivity contribution in [3.63, 3.8) is 0 Å². The summed E-state index contributed by atoms with van der Waals surface area (Å²) in [6.45, 7) is 2.66. The third-order valence-electron chi connectivity index (χ3n) is 4.78. The van der Waals surface area contributed by atoms with E-state index >= 15 is 0 Å². The second-order valence-corrected chi connectivity index (χ2v) is 8.55. The fraction of sp³-hybridized carbons (Fsp3) is 0.350. The van der Waals surface area contributed by atoms with Crippen LogP contribution in [0.3, 0.4) is 0 Å². The molecule has 1 aliphatic heterocycles. The number of sulfonamides is 1. The Morgan fingerprint density at radius 3 is 2.39 bits per heavy atom. The summed E-state index contributed by atoms with van der Waals surface area (Å²) in [4.78, 5) is 14.1. The molecule has 0 aliphatic carbocycles. The molecule has 0 bridgehead atoms. The van der Waals surface area contributed by atoms with Gasteiger partial charge in [-0.15, -0.1) is 0 Å². The number of nitrogens with zero attached hydrogens (tertiary/aromatic N) is 1. The molecule has 0 spiro atoms. The van der Waals surface area contributed by atoms with Gasteiger partial charge >= 0.3 is 0 Å². The van der Waals surface area contributed by atoms with E-state index in [-0.39, 0.29) is 23.3 Å². The van der Waals surface area contributed by atoms with E-state index in [0.29, 0.717) is 24.5 Å². The zero-order valence-electron chi connectivity index (χ0n) is 16.1. The van der Waals surface area contributed by atoms with Gasteiger partial charge in [-0.3, -0.25) is 4.79 Å². The average Bonchev–Trinajstić information content (AvgIpc) is 3.07. The van der Waals surface area contributed by atoms with Crippen LogP contribution in [-0.4, -0.2) is 41.6 Å². The van der Waals surface area contributed by atoms with Gasteiger partial charge in [0.15, 0.2) is 11.5 Å². The van der Waals surface area contributed by atoms with Crippen molar-refractivity contribution >= 4 is 21.6 Å². The summed E-state index contributed by atoms with van der Waals surface area (Å²) >= 11 is 0. The first kappa shape index (κ1) is 20.2. The van der Waals surface area contributed by atoms with Gasteiger partial charge in [-0.05, 0) is 37.1 Å². The normalized spacial score (nSPS) is 17.0. The fourth-order valence-electron chi connectivity index (χ4n) is 3.19. The molecule has 1 saturated heterocycles. The average molecular weight is 404 g/mol. The van der Waals surface area contributed by atoms with E-state index in [1.165, 1.54) is 26.4 Å². The van der Waals surface area contributed by atoms with Gasteiger partial charge in [0.1, 0.15) is 0 Å². The monoisotopic (exact) mass is 404 g/mol. The van der Waals surface area contributed by atoms with E-state index in [0.717, 1.165) is 11.3 Å². The zero-order valence-corrected chi connectivity index (χ0v) is 17.0.